The molecule has 1 aromatic heterocycles. The fourth-order valence-electron chi connectivity index (χ4n) is 2.62. The Morgan fingerprint density at radius 1 is 1.37 bits per heavy atom. The van der Waals surface area contributed by atoms with Crippen LogP contribution in [-0.2, 0) is 11.3 Å². The quantitative estimate of drug-likeness (QED) is 0.780. The number of amides is 2. The summed E-state index contributed by atoms with van der Waals surface area (Å²) in [6, 6.07) is 7.20. The van der Waals surface area contributed by atoms with Gasteiger partial charge in [0.15, 0.2) is 0 Å². The lowest BCUT2D eigenvalue weighted by atomic mass is 10.1. The van der Waals surface area contributed by atoms with Crippen LogP contribution in [0.4, 0.5) is 5.95 Å². The van der Waals surface area contributed by atoms with Crippen molar-refractivity contribution in [3.05, 3.63) is 46.6 Å². The van der Waals surface area contributed by atoms with Crippen LogP contribution in [0.2, 0.25) is 5.02 Å². The molecule has 1 aliphatic heterocycles. The summed E-state index contributed by atoms with van der Waals surface area (Å²) < 4.78 is 5.34. The molecule has 2 amide bonds. The molecular formula is C18H20ClN5O3. The van der Waals surface area contributed by atoms with Crippen LogP contribution in [0, 0.1) is 0 Å². The molecule has 9 heteroatoms. The summed E-state index contributed by atoms with van der Waals surface area (Å²) in [5, 5.41) is 6.16. The van der Waals surface area contributed by atoms with E-state index in [-0.39, 0.29) is 18.4 Å². The first-order chi connectivity index (χ1) is 13.1. The molecule has 0 aliphatic carbocycles. The molecule has 2 N–H and O–H groups in total. The Balaban J connectivity index is 1.60. The molecule has 1 aliphatic rings. The van der Waals surface area contributed by atoms with Gasteiger partial charge in [-0.05, 0) is 24.6 Å². The van der Waals surface area contributed by atoms with E-state index in [1.165, 1.54) is 6.20 Å². The van der Waals surface area contributed by atoms with Crippen LogP contribution in [-0.4, -0.2) is 52.9 Å². The summed E-state index contributed by atoms with van der Waals surface area (Å²) in [7, 11) is 0. The van der Waals surface area contributed by atoms with Crippen LogP contribution in [0.25, 0.3) is 0 Å². The zero-order valence-electron chi connectivity index (χ0n) is 14.9. The molecule has 3 rings (SSSR count). The van der Waals surface area contributed by atoms with Gasteiger partial charge in [0, 0.05) is 25.2 Å². The van der Waals surface area contributed by atoms with Crippen molar-refractivity contribution < 1.29 is 14.3 Å². The number of hydrogen-bond donors (Lipinski definition) is 2. The summed E-state index contributed by atoms with van der Waals surface area (Å²) in [6.07, 6.45) is 1.48. The molecule has 2 heterocycles. The molecule has 142 valence electrons. The van der Waals surface area contributed by atoms with E-state index in [0.717, 1.165) is 5.56 Å². The van der Waals surface area contributed by atoms with E-state index in [1.807, 2.05) is 19.1 Å². The number of hydrogen-bond acceptors (Lipinski definition) is 6. The summed E-state index contributed by atoms with van der Waals surface area (Å²) in [5.74, 6) is 0.460. The van der Waals surface area contributed by atoms with Crippen molar-refractivity contribution in [3.63, 3.8) is 0 Å². The zero-order chi connectivity index (χ0) is 19.2. The van der Waals surface area contributed by atoms with Crippen molar-refractivity contribution in [2.24, 2.45) is 0 Å². The van der Waals surface area contributed by atoms with Crippen LogP contribution in [0.1, 0.15) is 22.8 Å². The van der Waals surface area contributed by atoms with E-state index in [2.05, 4.69) is 20.6 Å². The Bertz CT molecular complexity index is 828. The lowest BCUT2D eigenvalue weighted by molar-refractivity contribution is -0.123. The average Bonchev–Trinajstić information content (AvgIpc) is 2.68. The van der Waals surface area contributed by atoms with Gasteiger partial charge >= 0.3 is 0 Å². The van der Waals surface area contributed by atoms with E-state index in [0.29, 0.717) is 48.7 Å². The predicted octanol–water partition coefficient (Wildman–Crippen LogP) is 1.71. The first kappa shape index (κ1) is 18.9. The second-order valence-electron chi connectivity index (χ2n) is 5.91. The monoisotopic (exact) mass is 389 g/mol. The number of ether oxygens (including phenoxy) is 1. The molecule has 8 nitrogen and oxygen atoms in total. The van der Waals surface area contributed by atoms with Crippen molar-refractivity contribution >= 4 is 29.4 Å². The number of carbonyl (C=O) groups is 2. The highest BCUT2D eigenvalue weighted by atomic mass is 35.5. The van der Waals surface area contributed by atoms with Crippen LogP contribution >= 0.6 is 11.6 Å². The van der Waals surface area contributed by atoms with Crippen LogP contribution in [0.15, 0.2) is 30.5 Å². The van der Waals surface area contributed by atoms with Gasteiger partial charge in [0.25, 0.3) is 5.91 Å². The first-order valence-corrected chi connectivity index (χ1v) is 8.98. The minimum absolute atomic E-state index is 0.0954. The summed E-state index contributed by atoms with van der Waals surface area (Å²) in [4.78, 5) is 33.8. The van der Waals surface area contributed by atoms with E-state index < -0.39 is 0 Å². The summed E-state index contributed by atoms with van der Waals surface area (Å²) >= 11 is 5.97. The minimum Gasteiger partial charge on any atom is -0.477 e. The average molecular weight is 390 g/mol. The number of piperazine rings is 1. The number of nitrogens with zero attached hydrogens (tertiary/aromatic N) is 3. The SMILES string of the molecule is CCOc1nc(NCc2ccc(C(=O)N3CCNC(=O)C3)cc2)ncc1Cl. The van der Waals surface area contributed by atoms with Gasteiger partial charge in [0.1, 0.15) is 5.02 Å². The highest BCUT2D eigenvalue weighted by molar-refractivity contribution is 6.31. The predicted molar refractivity (Wildman–Crippen MR) is 101 cm³/mol. The van der Waals surface area contributed by atoms with Gasteiger partial charge in [0.2, 0.25) is 17.7 Å². The smallest absolute Gasteiger partial charge is 0.254 e. The summed E-state index contributed by atoms with van der Waals surface area (Å²) in [6.45, 7) is 3.89. The molecule has 0 radical (unpaired) electrons. The van der Waals surface area contributed by atoms with Crippen molar-refractivity contribution in [2.45, 2.75) is 13.5 Å². The van der Waals surface area contributed by atoms with Crippen LogP contribution in [0.5, 0.6) is 5.88 Å². The summed E-state index contributed by atoms with van der Waals surface area (Å²) in [5.41, 5.74) is 1.51. The van der Waals surface area contributed by atoms with Gasteiger partial charge in [-0.2, -0.15) is 4.98 Å². The van der Waals surface area contributed by atoms with Crippen molar-refractivity contribution in [3.8, 4) is 5.88 Å². The number of aromatic nitrogens is 2. The zero-order valence-corrected chi connectivity index (χ0v) is 15.6. The van der Waals surface area contributed by atoms with E-state index in [1.54, 1.807) is 17.0 Å². The van der Waals surface area contributed by atoms with Crippen molar-refractivity contribution in [2.75, 3.05) is 31.6 Å². The Hall–Kier alpha value is -2.87. The molecule has 0 atom stereocenters. The highest BCUT2D eigenvalue weighted by Crippen LogP contribution is 2.22. The first-order valence-electron chi connectivity index (χ1n) is 8.61. The standard InChI is InChI=1S/C18H20ClN5O3/c1-2-27-16-14(19)10-22-18(23-16)21-9-12-3-5-13(6-4-12)17(26)24-8-7-20-15(25)11-24/h3-6,10H,2,7-9,11H2,1H3,(H,20,25)(H,21,22,23). The van der Waals surface area contributed by atoms with E-state index in [9.17, 15) is 9.59 Å². The molecule has 1 saturated heterocycles. The van der Waals surface area contributed by atoms with Gasteiger partial charge in [-0.3, -0.25) is 9.59 Å². The second-order valence-corrected chi connectivity index (χ2v) is 6.31. The molecule has 1 fully saturated rings. The van der Waals surface area contributed by atoms with Crippen LogP contribution in [0.3, 0.4) is 0 Å². The number of nitrogens with one attached hydrogen (secondary N) is 2. The van der Waals surface area contributed by atoms with Crippen molar-refractivity contribution in [1.82, 2.24) is 20.2 Å². The molecule has 0 unspecified atom stereocenters. The van der Waals surface area contributed by atoms with Gasteiger partial charge in [-0.15, -0.1) is 0 Å². The second kappa shape index (κ2) is 8.68. The Labute approximate surface area is 161 Å². The third-order valence-electron chi connectivity index (χ3n) is 3.97. The number of rotatable bonds is 6. The van der Waals surface area contributed by atoms with E-state index in [4.69, 9.17) is 16.3 Å². The Morgan fingerprint density at radius 3 is 2.85 bits per heavy atom. The third-order valence-corrected chi connectivity index (χ3v) is 4.23. The van der Waals surface area contributed by atoms with Gasteiger partial charge in [-0.25, -0.2) is 4.98 Å². The maximum atomic E-state index is 12.5. The maximum absolute atomic E-state index is 12.5. The largest absolute Gasteiger partial charge is 0.477 e. The van der Waals surface area contributed by atoms with Crippen LogP contribution < -0.4 is 15.4 Å². The molecular weight excluding hydrogens is 370 g/mol. The van der Waals surface area contributed by atoms with Gasteiger partial charge < -0.3 is 20.3 Å². The van der Waals surface area contributed by atoms with Gasteiger partial charge in [-0.1, -0.05) is 23.7 Å². The molecule has 27 heavy (non-hydrogen) atoms. The number of halogens is 1. The number of benzene rings is 1. The molecule has 0 saturated carbocycles. The molecule has 0 spiro atoms. The lowest BCUT2D eigenvalue weighted by Gasteiger charge is -2.26. The molecule has 2 aromatic rings. The minimum atomic E-state index is -0.147. The van der Waals surface area contributed by atoms with Gasteiger partial charge in [0.05, 0.1) is 19.3 Å². The fraction of sp³-hybridized carbons (Fsp3) is 0.333. The maximum Gasteiger partial charge on any atom is 0.254 e. The highest BCUT2D eigenvalue weighted by Gasteiger charge is 2.22. The number of carbonyl (C=O) groups excluding carboxylic acids is 2. The van der Waals surface area contributed by atoms with Crippen molar-refractivity contribution in [1.29, 1.82) is 0 Å². The van der Waals surface area contributed by atoms with E-state index >= 15 is 0 Å². The lowest BCUT2D eigenvalue weighted by Crippen LogP contribution is -2.49. The Kier molecular flexibility index (Phi) is 6.08. The molecule has 1 aromatic carbocycles. The normalized spacial score (nSPS) is 13.9. The Morgan fingerprint density at radius 2 is 2.15 bits per heavy atom. The fourth-order valence-corrected chi connectivity index (χ4v) is 2.76. The molecule has 0 bridgehead atoms. The topological polar surface area (TPSA) is 96.5 Å². The number of anilines is 1. The third kappa shape index (κ3) is 4.85.